The Kier molecular flexibility index (Phi) is 7.05. The van der Waals surface area contributed by atoms with Gasteiger partial charge in [-0.1, -0.05) is 6.92 Å². The Hall–Kier alpha value is -1.40. The zero-order valence-corrected chi connectivity index (χ0v) is 14.9. The van der Waals surface area contributed by atoms with Gasteiger partial charge in [-0.3, -0.25) is 4.79 Å². The maximum atomic E-state index is 12.2. The van der Waals surface area contributed by atoms with Crippen LogP contribution in [0.3, 0.4) is 0 Å². The van der Waals surface area contributed by atoms with Crippen LogP contribution in [0.1, 0.15) is 30.7 Å². The summed E-state index contributed by atoms with van der Waals surface area (Å²) >= 11 is 1.64. The zero-order valence-electron chi connectivity index (χ0n) is 14.0. The molecule has 1 aliphatic rings. The number of ether oxygens (including phenoxy) is 3. The van der Waals surface area contributed by atoms with E-state index in [9.17, 15) is 4.79 Å². The van der Waals surface area contributed by atoms with Gasteiger partial charge in [0, 0.05) is 31.4 Å². The lowest BCUT2D eigenvalue weighted by Gasteiger charge is -2.25. The molecule has 1 amide bonds. The van der Waals surface area contributed by atoms with E-state index in [0.29, 0.717) is 18.9 Å². The van der Waals surface area contributed by atoms with Gasteiger partial charge < -0.3 is 19.1 Å². The van der Waals surface area contributed by atoms with Crippen molar-refractivity contribution in [3.63, 3.8) is 0 Å². The van der Waals surface area contributed by atoms with Crippen molar-refractivity contribution in [3.05, 3.63) is 23.8 Å². The van der Waals surface area contributed by atoms with E-state index in [4.69, 9.17) is 14.2 Å². The molecule has 1 aliphatic heterocycles. The first-order valence-corrected chi connectivity index (χ1v) is 8.96. The predicted octanol–water partition coefficient (Wildman–Crippen LogP) is 3.09. The van der Waals surface area contributed by atoms with Gasteiger partial charge in [-0.05, 0) is 25.0 Å². The number of methoxy groups -OCH3 is 2. The highest BCUT2D eigenvalue weighted by molar-refractivity contribution is 8.00. The van der Waals surface area contributed by atoms with Crippen LogP contribution in [0.4, 0.5) is 0 Å². The van der Waals surface area contributed by atoms with Gasteiger partial charge in [0.25, 0.3) is 0 Å². The summed E-state index contributed by atoms with van der Waals surface area (Å²) in [6, 6.07) is 5.75. The molecule has 1 aromatic carbocycles. The summed E-state index contributed by atoms with van der Waals surface area (Å²) in [5, 5.41) is -0.00506. The van der Waals surface area contributed by atoms with Gasteiger partial charge in [0.05, 0.1) is 20.0 Å². The van der Waals surface area contributed by atoms with Gasteiger partial charge in [0.1, 0.15) is 16.9 Å². The third-order valence-corrected chi connectivity index (χ3v) is 4.95. The summed E-state index contributed by atoms with van der Waals surface area (Å²) in [6.07, 6.45) is 1.87. The van der Waals surface area contributed by atoms with Crippen molar-refractivity contribution in [1.82, 2.24) is 4.90 Å². The average Bonchev–Trinajstić information content (AvgIpc) is 2.94. The maximum Gasteiger partial charge on any atom is 0.233 e. The quantitative estimate of drug-likeness (QED) is 0.647. The molecule has 0 N–H and O–H groups in total. The molecule has 0 aromatic heterocycles. The van der Waals surface area contributed by atoms with Crippen LogP contribution in [-0.4, -0.2) is 50.5 Å². The number of amides is 1. The standard InChI is InChI=1S/C17H25NO4S/c1-4-9-22-10-5-8-18-16(19)12-23-17(18)14-7-6-13(20-2)11-15(14)21-3/h6-7,11,17H,4-5,8-10,12H2,1-3H3. The normalized spacial score (nSPS) is 17.6. The molecule has 2 rings (SSSR count). The highest BCUT2D eigenvalue weighted by atomic mass is 32.2. The lowest BCUT2D eigenvalue weighted by Crippen LogP contribution is -2.30. The van der Waals surface area contributed by atoms with Crippen molar-refractivity contribution >= 4 is 17.7 Å². The van der Waals surface area contributed by atoms with Gasteiger partial charge in [-0.15, -0.1) is 11.8 Å². The number of carbonyl (C=O) groups is 1. The van der Waals surface area contributed by atoms with Crippen molar-refractivity contribution in [3.8, 4) is 11.5 Å². The summed E-state index contributed by atoms with van der Waals surface area (Å²) < 4.78 is 16.2. The van der Waals surface area contributed by atoms with E-state index in [2.05, 4.69) is 6.92 Å². The molecule has 6 heteroatoms. The molecule has 1 atom stereocenters. The van der Waals surface area contributed by atoms with Crippen molar-refractivity contribution in [2.45, 2.75) is 25.1 Å². The molecule has 1 heterocycles. The second-order valence-electron chi connectivity index (χ2n) is 5.32. The van der Waals surface area contributed by atoms with Gasteiger partial charge in [0.2, 0.25) is 5.91 Å². The number of rotatable bonds is 9. The van der Waals surface area contributed by atoms with Crippen LogP contribution in [0.25, 0.3) is 0 Å². The third-order valence-electron chi connectivity index (χ3n) is 3.71. The Labute approximate surface area is 142 Å². The van der Waals surface area contributed by atoms with Crippen molar-refractivity contribution in [2.24, 2.45) is 0 Å². The summed E-state index contributed by atoms with van der Waals surface area (Å²) in [4.78, 5) is 14.1. The van der Waals surface area contributed by atoms with Gasteiger partial charge in [-0.25, -0.2) is 0 Å². The van der Waals surface area contributed by atoms with Crippen LogP contribution in [0, 0.1) is 0 Å². The molecule has 1 saturated heterocycles. The van der Waals surface area contributed by atoms with E-state index in [1.807, 2.05) is 23.1 Å². The number of hydrogen-bond acceptors (Lipinski definition) is 5. The first kappa shape index (κ1) is 17.9. The first-order valence-electron chi connectivity index (χ1n) is 7.92. The maximum absolute atomic E-state index is 12.2. The van der Waals surface area contributed by atoms with E-state index in [1.54, 1.807) is 26.0 Å². The van der Waals surface area contributed by atoms with E-state index in [1.165, 1.54) is 0 Å². The monoisotopic (exact) mass is 339 g/mol. The zero-order chi connectivity index (χ0) is 16.7. The van der Waals surface area contributed by atoms with Crippen molar-refractivity contribution in [2.75, 3.05) is 39.7 Å². The Morgan fingerprint density at radius 3 is 2.78 bits per heavy atom. The highest BCUT2D eigenvalue weighted by Crippen LogP contribution is 2.43. The molecule has 23 heavy (non-hydrogen) atoms. The summed E-state index contributed by atoms with van der Waals surface area (Å²) in [6.45, 7) is 4.26. The Balaban J connectivity index is 2.06. The summed E-state index contributed by atoms with van der Waals surface area (Å²) in [7, 11) is 3.27. The number of benzene rings is 1. The summed E-state index contributed by atoms with van der Waals surface area (Å²) in [5.41, 5.74) is 1.01. The molecular weight excluding hydrogens is 314 g/mol. The molecule has 1 unspecified atom stereocenters. The molecule has 0 spiro atoms. The van der Waals surface area contributed by atoms with E-state index in [0.717, 1.165) is 36.5 Å². The van der Waals surface area contributed by atoms with Gasteiger partial charge in [0.15, 0.2) is 0 Å². The Morgan fingerprint density at radius 1 is 1.26 bits per heavy atom. The minimum atomic E-state index is -0.00506. The van der Waals surface area contributed by atoms with Crippen molar-refractivity contribution in [1.29, 1.82) is 0 Å². The molecule has 1 aromatic rings. The largest absolute Gasteiger partial charge is 0.497 e. The fourth-order valence-corrected chi connectivity index (χ4v) is 3.80. The molecule has 128 valence electrons. The van der Waals surface area contributed by atoms with Gasteiger partial charge in [-0.2, -0.15) is 0 Å². The van der Waals surface area contributed by atoms with Crippen LogP contribution in [0.2, 0.25) is 0 Å². The van der Waals surface area contributed by atoms with E-state index >= 15 is 0 Å². The molecule has 5 nitrogen and oxygen atoms in total. The van der Waals surface area contributed by atoms with E-state index < -0.39 is 0 Å². The van der Waals surface area contributed by atoms with E-state index in [-0.39, 0.29) is 11.3 Å². The molecule has 0 saturated carbocycles. The predicted molar refractivity (Wildman–Crippen MR) is 92.2 cm³/mol. The minimum absolute atomic E-state index is 0.00506. The third kappa shape index (κ3) is 4.54. The van der Waals surface area contributed by atoms with Crippen LogP contribution in [0.15, 0.2) is 18.2 Å². The molecular formula is C17H25NO4S. The van der Waals surface area contributed by atoms with Crippen LogP contribution in [0.5, 0.6) is 11.5 Å². The number of carbonyl (C=O) groups excluding carboxylic acids is 1. The van der Waals surface area contributed by atoms with Crippen LogP contribution >= 0.6 is 11.8 Å². The SMILES string of the molecule is CCCOCCCN1C(=O)CSC1c1ccc(OC)cc1OC. The fourth-order valence-electron chi connectivity index (χ4n) is 2.56. The second kappa shape index (κ2) is 9.03. The average molecular weight is 339 g/mol. The van der Waals surface area contributed by atoms with Gasteiger partial charge >= 0.3 is 0 Å². The topological polar surface area (TPSA) is 48.0 Å². The highest BCUT2D eigenvalue weighted by Gasteiger charge is 2.34. The van der Waals surface area contributed by atoms with Crippen LogP contribution < -0.4 is 9.47 Å². The smallest absolute Gasteiger partial charge is 0.233 e. The van der Waals surface area contributed by atoms with Crippen LogP contribution in [-0.2, 0) is 9.53 Å². The second-order valence-corrected chi connectivity index (χ2v) is 6.39. The lowest BCUT2D eigenvalue weighted by atomic mass is 10.1. The number of thioether (sulfide) groups is 1. The fraction of sp³-hybridized carbons (Fsp3) is 0.588. The molecule has 0 aliphatic carbocycles. The number of nitrogens with zero attached hydrogens (tertiary/aromatic N) is 1. The lowest BCUT2D eigenvalue weighted by molar-refractivity contribution is -0.128. The number of hydrogen-bond donors (Lipinski definition) is 0. The molecule has 0 radical (unpaired) electrons. The Bertz CT molecular complexity index is 523. The first-order chi connectivity index (χ1) is 11.2. The summed E-state index contributed by atoms with van der Waals surface area (Å²) in [5.74, 6) is 2.19. The minimum Gasteiger partial charge on any atom is -0.497 e. The molecule has 0 bridgehead atoms. The van der Waals surface area contributed by atoms with Crippen molar-refractivity contribution < 1.29 is 19.0 Å². The molecule has 1 fully saturated rings. The Morgan fingerprint density at radius 2 is 2.09 bits per heavy atom.